The van der Waals surface area contributed by atoms with E-state index in [0.29, 0.717) is 10.8 Å². The van der Waals surface area contributed by atoms with Gasteiger partial charge < -0.3 is 4.98 Å². The van der Waals surface area contributed by atoms with Gasteiger partial charge in [0.25, 0.3) is 10.8 Å². The second-order valence-corrected chi connectivity index (χ2v) is 3.22. The maximum absolute atomic E-state index is 11.4. The zero-order valence-electron chi connectivity index (χ0n) is 7.08. The molecular formula is C10H6ClNO2. The van der Waals surface area contributed by atoms with Gasteiger partial charge in [-0.1, -0.05) is 18.2 Å². The third-order valence-corrected chi connectivity index (χ3v) is 2.17. The van der Waals surface area contributed by atoms with Crippen molar-refractivity contribution in [1.29, 1.82) is 0 Å². The number of pyridine rings is 1. The van der Waals surface area contributed by atoms with E-state index in [2.05, 4.69) is 4.98 Å². The first kappa shape index (κ1) is 8.97. The number of carbonyl (C=O) groups excluding carboxylic acids is 1. The molecule has 0 atom stereocenters. The van der Waals surface area contributed by atoms with Crippen molar-refractivity contribution in [2.75, 3.05) is 0 Å². The van der Waals surface area contributed by atoms with Crippen molar-refractivity contribution < 1.29 is 4.79 Å². The van der Waals surface area contributed by atoms with Crippen molar-refractivity contribution in [2.24, 2.45) is 0 Å². The van der Waals surface area contributed by atoms with Crippen LogP contribution in [0.3, 0.4) is 0 Å². The molecule has 0 saturated heterocycles. The number of H-pyrrole nitrogens is 1. The van der Waals surface area contributed by atoms with E-state index in [-0.39, 0.29) is 11.3 Å². The Bertz CT molecular complexity index is 559. The summed E-state index contributed by atoms with van der Waals surface area (Å²) in [6, 6.07) is 8.57. The van der Waals surface area contributed by atoms with Gasteiger partial charge in [0.15, 0.2) is 0 Å². The average Bonchev–Trinajstić information content (AvgIpc) is 2.17. The second kappa shape index (κ2) is 3.27. The number of nitrogens with one attached hydrogen (secondary N) is 1. The number of hydrogen-bond donors (Lipinski definition) is 1. The van der Waals surface area contributed by atoms with Gasteiger partial charge in [-0.05, 0) is 29.1 Å². The van der Waals surface area contributed by atoms with E-state index < -0.39 is 5.24 Å². The normalized spacial score (nSPS) is 10.4. The van der Waals surface area contributed by atoms with E-state index in [9.17, 15) is 9.59 Å². The molecule has 0 aliphatic carbocycles. The summed E-state index contributed by atoms with van der Waals surface area (Å²) in [6.45, 7) is 0. The summed E-state index contributed by atoms with van der Waals surface area (Å²) in [5, 5.41) is 0.599. The maximum Gasteiger partial charge on any atom is 0.268 e. The first-order valence-electron chi connectivity index (χ1n) is 4.00. The molecule has 14 heavy (non-hydrogen) atoms. The van der Waals surface area contributed by atoms with Crippen LogP contribution in [0.25, 0.3) is 10.8 Å². The Labute approximate surface area is 84.3 Å². The van der Waals surface area contributed by atoms with Crippen LogP contribution < -0.4 is 5.56 Å². The van der Waals surface area contributed by atoms with Crippen LogP contribution in [0.15, 0.2) is 35.1 Å². The number of carbonyl (C=O) groups is 1. The van der Waals surface area contributed by atoms with Crippen LogP contribution in [0.5, 0.6) is 0 Å². The van der Waals surface area contributed by atoms with Gasteiger partial charge in [-0.2, -0.15) is 0 Å². The zero-order chi connectivity index (χ0) is 10.1. The molecule has 0 aliphatic rings. The van der Waals surface area contributed by atoms with E-state index in [0.717, 1.165) is 0 Å². The minimum absolute atomic E-state index is 0.121. The van der Waals surface area contributed by atoms with Gasteiger partial charge in [-0.25, -0.2) is 0 Å². The molecule has 0 saturated carbocycles. The Morgan fingerprint density at radius 2 is 2.00 bits per heavy atom. The van der Waals surface area contributed by atoms with E-state index >= 15 is 0 Å². The van der Waals surface area contributed by atoms with Crippen molar-refractivity contribution in [3.63, 3.8) is 0 Å². The molecule has 0 radical (unpaired) electrons. The summed E-state index contributed by atoms with van der Waals surface area (Å²) >= 11 is 5.27. The van der Waals surface area contributed by atoms with Crippen LogP contribution in [0, 0.1) is 0 Å². The van der Waals surface area contributed by atoms with E-state index in [4.69, 9.17) is 11.6 Å². The van der Waals surface area contributed by atoms with Crippen LogP contribution in [-0.2, 0) is 0 Å². The number of benzene rings is 1. The first-order valence-corrected chi connectivity index (χ1v) is 4.38. The number of aromatic amines is 1. The van der Waals surface area contributed by atoms with Gasteiger partial charge in [0.1, 0.15) is 5.69 Å². The molecule has 2 rings (SSSR count). The molecule has 1 aromatic heterocycles. The van der Waals surface area contributed by atoms with Gasteiger partial charge in [0.05, 0.1) is 0 Å². The summed E-state index contributed by atoms with van der Waals surface area (Å²) in [5.74, 6) is 0. The Balaban J connectivity index is 2.86. The SMILES string of the molecule is O=C(Cl)c1cc2ccccc2c(=O)[nH]1. The third-order valence-electron chi connectivity index (χ3n) is 1.97. The molecule has 0 spiro atoms. The average molecular weight is 208 g/mol. The van der Waals surface area contributed by atoms with Gasteiger partial charge in [-0.3, -0.25) is 9.59 Å². The van der Waals surface area contributed by atoms with Crippen LogP contribution >= 0.6 is 11.6 Å². The summed E-state index contributed by atoms with van der Waals surface area (Å²) in [7, 11) is 0. The molecule has 1 heterocycles. The molecule has 0 aliphatic heterocycles. The Hall–Kier alpha value is -1.61. The molecule has 4 heteroatoms. The van der Waals surface area contributed by atoms with Crippen LogP contribution in [0.1, 0.15) is 10.5 Å². The van der Waals surface area contributed by atoms with Crippen LogP contribution in [0.4, 0.5) is 0 Å². The standard InChI is InChI=1S/C10H6ClNO2/c11-9(13)8-5-6-3-1-2-4-7(6)10(14)12-8/h1-5H,(H,12,14). The van der Waals surface area contributed by atoms with Gasteiger partial charge in [-0.15, -0.1) is 0 Å². The lowest BCUT2D eigenvalue weighted by Gasteiger charge is -1.98. The van der Waals surface area contributed by atoms with Crippen molar-refractivity contribution in [3.8, 4) is 0 Å². The molecular weight excluding hydrogens is 202 g/mol. The van der Waals surface area contributed by atoms with Crippen molar-refractivity contribution in [3.05, 3.63) is 46.4 Å². The molecule has 2 aromatic rings. The molecule has 0 bridgehead atoms. The minimum Gasteiger partial charge on any atom is -0.318 e. The maximum atomic E-state index is 11.4. The number of fused-ring (bicyclic) bond motifs is 1. The zero-order valence-corrected chi connectivity index (χ0v) is 7.84. The molecule has 0 unspecified atom stereocenters. The molecule has 70 valence electrons. The van der Waals surface area contributed by atoms with Gasteiger partial charge in [0, 0.05) is 5.39 Å². The summed E-state index contributed by atoms with van der Waals surface area (Å²) in [5.41, 5.74) is -0.178. The first-order chi connectivity index (χ1) is 6.68. The fourth-order valence-electron chi connectivity index (χ4n) is 1.32. The Morgan fingerprint density at radius 3 is 2.71 bits per heavy atom. The number of halogens is 1. The van der Waals surface area contributed by atoms with E-state index in [1.807, 2.05) is 0 Å². The van der Waals surface area contributed by atoms with E-state index in [1.165, 1.54) is 0 Å². The van der Waals surface area contributed by atoms with Crippen molar-refractivity contribution >= 4 is 27.6 Å². The van der Waals surface area contributed by atoms with Gasteiger partial charge in [0.2, 0.25) is 0 Å². The number of rotatable bonds is 1. The number of aromatic nitrogens is 1. The smallest absolute Gasteiger partial charge is 0.268 e. The predicted molar refractivity (Wildman–Crippen MR) is 54.8 cm³/mol. The highest BCUT2D eigenvalue weighted by Gasteiger charge is 2.05. The topological polar surface area (TPSA) is 49.9 Å². The molecule has 0 fully saturated rings. The number of hydrogen-bond acceptors (Lipinski definition) is 2. The van der Waals surface area contributed by atoms with Crippen molar-refractivity contribution in [2.45, 2.75) is 0 Å². The van der Waals surface area contributed by atoms with Gasteiger partial charge >= 0.3 is 0 Å². The Kier molecular flexibility index (Phi) is 2.09. The third kappa shape index (κ3) is 1.42. The van der Waals surface area contributed by atoms with Crippen LogP contribution in [-0.4, -0.2) is 10.2 Å². The largest absolute Gasteiger partial charge is 0.318 e. The second-order valence-electron chi connectivity index (χ2n) is 2.87. The highest BCUT2D eigenvalue weighted by atomic mass is 35.5. The summed E-state index contributed by atoms with van der Waals surface area (Å²) in [6.07, 6.45) is 0. The quantitative estimate of drug-likeness (QED) is 0.727. The summed E-state index contributed by atoms with van der Waals surface area (Å²) in [4.78, 5) is 24.7. The highest BCUT2D eigenvalue weighted by Crippen LogP contribution is 2.10. The van der Waals surface area contributed by atoms with Crippen LogP contribution in [0.2, 0.25) is 0 Å². The lowest BCUT2D eigenvalue weighted by atomic mass is 10.1. The van der Waals surface area contributed by atoms with Crippen molar-refractivity contribution in [1.82, 2.24) is 4.98 Å². The molecule has 1 aromatic carbocycles. The fraction of sp³-hybridized carbons (Fsp3) is 0. The molecule has 1 N–H and O–H groups in total. The Morgan fingerprint density at radius 1 is 1.29 bits per heavy atom. The lowest BCUT2D eigenvalue weighted by molar-refractivity contribution is 0.107. The van der Waals surface area contributed by atoms with E-state index in [1.54, 1.807) is 30.3 Å². The monoisotopic (exact) mass is 207 g/mol. The lowest BCUT2D eigenvalue weighted by Crippen LogP contribution is -2.10. The molecule has 3 nitrogen and oxygen atoms in total. The summed E-state index contributed by atoms with van der Waals surface area (Å²) < 4.78 is 0. The fourth-order valence-corrected chi connectivity index (χ4v) is 1.42. The predicted octanol–water partition coefficient (Wildman–Crippen LogP) is 1.91. The molecule has 0 amide bonds. The highest BCUT2D eigenvalue weighted by molar-refractivity contribution is 6.67. The minimum atomic E-state index is -0.659.